The van der Waals surface area contributed by atoms with Crippen molar-refractivity contribution >= 4 is 29.1 Å². The van der Waals surface area contributed by atoms with E-state index >= 15 is 0 Å². The van der Waals surface area contributed by atoms with Crippen molar-refractivity contribution in [1.29, 1.82) is 0 Å². The van der Waals surface area contributed by atoms with Crippen LogP contribution >= 0.6 is 0 Å². The van der Waals surface area contributed by atoms with Gasteiger partial charge in [0, 0.05) is 59.0 Å². The first kappa shape index (κ1) is 37.5. The predicted octanol–water partition coefficient (Wildman–Crippen LogP) is 2.32. The van der Waals surface area contributed by atoms with Crippen LogP contribution < -0.4 is 10.1 Å². The number of aliphatic hydroxyl groups is 3. The maximum Gasteiger partial charge on any atom is 0.335 e. The van der Waals surface area contributed by atoms with Crippen LogP contribution in [0.2, 0.25) is 0 Å². The number of methoxy groups -OCH3 is 4. The van der Waals surface area contributed by atoms with Gasteiger partial charge in [0.1, 0.15) is 23.7 Å². The molecule has 2 spiro atoms. The Kier molecular flexibility index (Phi) is 7.66. The molecule has 4 saturated heterocycles. The first-order chi connectivity index (χ1) is 28.4. The van der Waals surface area contributed by atoms with Gasteiger partial charge in [0.15, 0.2) is 5.76 Å². The van der Waals surface area contributed by atoms with E-state index in [2.05, 4.69) is 21.2 Å². The minimum absolute atomic E-state index is 0.0367. The summed E-state index contributed by atoms with van der Waals surface area (Å²) in [5.41, 5.74) is 2.57. The third-order valence-corrected chi connectivity index (χ3v) is 16.6. The van der Waals surface area contributed by atoms with Gasteiger partial charge in [0.05, 0.1) is 74.4 Å². The Morgan fingerprint density at radius 2 is 1.58 bits per heavy atom. The molecule has 11 atom stereocenters. The standard InChI is InChI=1S/C44H50N4O11/c1-7-41-16-20(37(53)57-5)33-43(9-11-47(39(41)43)18-26(50)35(41)51)22-13-19-27(15-24(22)45-33)59-32-29(19)48-12-10-44-23-14-25(49)30(55-3)31(56-4)28(23)46-34(44)21(38(54)58-6)17-42(8-2,36(32)52)40(44)48/h13-15,26,29,32,35-36,39-40,45,50-52H,7-12,16-18H2,1-6H3/t26-,29+,32-,35+,36+,39-,40-,41+,42+,43-,44-/m0/s1. The van der Waals surface area contributed by atoms with Gasteiger partial charge < -0.3 is 44.3 Å². The molecule has 15 nitrogen and oxygen atoms in total. The van der Waals surface area contributed by atoms with Crippen LogP contribution in [0, 0.1) is 16.2 Å². The second-order valence-electron chi connectivity index (χ2n) is 18.2. The van der Waals surface area contributed by atoms with E-state index in [1.165, 1.54) is 28.4 Å². The Morgan fingerprint density at radius 3 is 2.27 bits per heavy atom. The molecule has 0 unspecified atom stereocenters. The van der Waals surface area contributed by atoms with Crippen molar-refractivity contribution in [3.8, 4) is 5.75 Å². The summed E-state index contributed by atoms with van der Waals surface area (Å²) in [6.07, 6.45) is 0.476. The van der Waals surface area contributed by atoms with Crippen LogP contribution in [0.5, 0.6) is 5.75 Å². The lowest BCUT2D eigenvalue weighted by molar-refractivity contribution is -0.172. The second kappa shape index (κ2) is 12.1. The van der Waals surface area contributed by atoms with Crippen molar-refractivity contribution in [2.24, 2.45) is 21.2 Å². The fourth-order valence-corrected chi connectivity index (χ4v) is 14.5. The van der Waals surface area contributed by atoms with E-state index in [1.807, 2.05) is 19.9 Å². The van der Waals surface area contributed by atoms with Crippen LogP contribution in [0.25, 0.3) is 0 Å². The maximum absolute atomic E-state index is 13.8. The van der Waals surface area contributed by atoms with Crippen molar-refractivity contribution in [3.05, 3.63) is 69.0 Å². The summed E-state index contributed by atoms with van der Waals surface area (Å²) in [7, 11) is 5.61. The van der Waals surface area contributed by atoms with E-state index in [0.29, 0.717) is 79.2 Å². The zero-order valence-corrected chi connectivity index (χ0v) is 34.1. The molecule has 0 saturated carbocycles. The molecule has 1 aromatic rings. The van der Waals surface area contributed by atoms with E-state index in [4.69, 9.17) is 28.7 Å². The Hall–Kier alpha value is -4.54. The number of rotatable bonds is 6. The number of carbonyl (C=O) groups excluding carboxylic acids is 3. The maximum atomic E-state index is 13.8. The third-order valence-electron chi connectivity index (χ3n) is 16.6. The normalized spacial score (nSPS) is 40.7. The number of piperidine rings is 2. The summed E-state index contributed by atoms with van der Waals surface area (Å²) >= 11 is 0. The van der Waals surface area contributed by atoms with E-state index in [-0.39, 0.29) is 36.2 Å². The fraction of sp³-hybridized carbons (Fsp3) is 0.591. The smallest absolute Gasteiger partial charge is 0.335 e. The van der Waals surface area contributed by atoms with E-state index in [0.717, 1.165) is 22.5 Å². The van der Waals surface area contributed by atoms with Gasteiger partial charge in [-0.2, -0.15) is 0 Å². The minimum atomic E-state index is -1.05. The lowest BCUT2D eigenvalue weighted by Gasteiger charge is -2.60. The zero-order chi connectivity index (χ0) is 41.3. The Balaban J connectivity index is 1.10. The molecule has 11 rings (SSSR count). The molecule has 0 amide bonds. The SMILES string of the molecule is CC[C@@]12CC(C(=O)OC)=C3N=C4C(=CC(=O)C(OC)=C4OC)[C@@]34CCN([C@@H]3c5cc6c(cc5O[C@@H]3[C@H]1O)NC1=C(C(=O)OC)C[C@]3(CC)[C@H](O)[C@@H](O)CN5CC[C@@]16[C@@H]53)[C@H]42. The molecular weight excluding hydrogens is 761 g/mol. The molecule has 3 aliphatic carbocycles. The number of hydrogen-bond donors (Lipinski definition) is 4. The zero-order valence-electron chi connectivity index (χ0n) is 34.1. The molecule has 15 heteroatoms. The van der Waals surface area contributed by atoms with E-state index in [1.54, 1.807) is 6.08 Å². The van der Waals surface area contributed by atoms with Crippen molar-refractivity contribution in [3.63, 3.8) is 0 Å². The highest BCUT2D eigenvalue weighted by molar-refractivity contribution is 6.26. The summed E-state index contributed by atoms with van der Waals surface area (Å²) < 4.78 is 29.0. The number of anilines is 1. The Bertz CT molecular complexity index is 2350. The number of fused-ring (bicyclic) bond motifs is 6. The second-order valence-corrected chi connectivity index (χ2v) is 18.2. The summed E-state index contributed by atoms with van der Waals surface area (Å²) in [5.74, 6) is -0.485. The molecule has 312 valence electrons. The summed E-state index contributed by atoms with van der Waals surface area (Å²) in [6, 6.07) is 3.17. The topological polar surface area (TPSA) is 189 Å². The van der Waals surface area contributed by atoms with Gasteiger partial charge in [-0.15, -0.1) is 0 Å². The number of nitrogens with zero attached hydrogens (tertiary/aromatic N) is 3. The number of ether oxygens (including phenoxy) is 5. The number of ketones is 1. The van der Waals surface area contributed by atoms with Gasteiger partial charge in [0.2, 0.25) is 11.5 Å². The van der Waals surface area contributed by atoms with Crippen molar-refractivity contribution in [2.75, 3.05) is 53.4 Å². The average molecular weight is 811 g/mol. The number of allylic oxidation sites excluding steroid dienone is 2. The van der Waals surface area contributed by atoms with Gasteiger partial charge in [-0.25, -0.2) is 14.6 Å². The number of hydrogen-bond acceptors (Lipinski definition) is 15. The van der Waals surface area contributed by atoms with Gasteiger partial charge >= 0.3 is 11.9 Å². The lowest BCUT2D eigenvalue weighted by Crippen LogP contribution is -2.69. The van der Waals surface area contributed by atoms with Crippen LogP contribution in [-0.2, 0) is 38.7 Å². The molecule has 0 aromatic heterocycles. The largest absolute Gasteiger partial charge is 0.491 e. The first-order valence-corrected chi connectivity index (χ1v) is 20.9. The van der Waals surface area contributed by atoms with Crippen LogP contribution in [0.4, 0.5) is 5.69 Å². The van der Waals surface area contributed by atoms with E-state index < -0.39 is 70.1 Å². The molecule has 0 bridgehead atoms. The Labute approximate surface area is 341 Å². The van der Waals surface area contributed by atoms with Crippen molar-refractivity contribution < 1.29 is 53.4 Å². The van der Waals surface area contributed by atoms with Crippen LogP contribution in [-0.4, -0.2) is 133 Å². The van der Waals surface area contributed by atoms with Gasteiger partial charge in [-0.05, 0) is 68.3 Å². The van der Waals surface area contributed by atoms with Gasteiger partial charge in [-0.1, -0.05) is 13.8 Å². The van der Waals surface area contributed by atoms with Crippen molar-refractivity contribution in [2.45, 2.75) is 100 Å². The summed E-state index contributed by atoms with van der Waals surface area (Å²) in [4.78, 5) is 51.2. The summed E-state index contributed by atoms with van der Waals surface area (Å²) in [5, 5.41) is 39.7. The molecule has 7 aliphatic heterocycles. The lowest BCUT2D eigenvalue weighted by atomic mass is 9.51. The number of aliphatic imine (C=N–C) groups is 1. The number of esters is 2. The predicted molar refractivity (Wildman–Crippen MR) is 209 cm³/mol. The molecular formula is C44H50N4O11. The number of benzene rings is 1. The van der Waals surface area contributed by atoms with Crippen LogP contribution in [0.1, 0.15) is 69.5 Å². The molecule has 4 N–H and O–H groups in total. The minimum Gasteiger partial charge on any atom is -0.491 e. The average Bonchev–Trinajstić information content (AvgIpc) is 4.06. The van der Waals surface area contributed by atoms with Gasteiger partial charge in [-0.3, -0.25) is 14.6 Å². The molecule has 7 heterocycles. The molecule has 4 fully saturated rings. The highest BCUT2D eigenvalue weighted by Crippen LogP contribution is 2.72. The molecule has 0 radical (unpaired) electrons. The molecule has 10 aliphatic rings. The van der Waals surface area contributed by atoms with Crippen LogP contribution in [0.3, 0.4) is 0 Å². The number of carbonyl (C=O) groups is 3. The number of aliphatic hydroxyl groups excluding tert-OH is 3. The Morgan fingerprint density at radius 1 is 0.898 bits per heavy atom. The van der Waals surface area contributed by atoms with E-state index in [9.17, 15) is 29.7 Å². The van der Waals surface area contributed by atoms with Crippen LogP contribution in [0.15, 0.2) is 62.8 Å². The van der Waals surface area contributed by atoms with Crippen molar-refractivity contribution in [1.82, 2.24) is 9.80 Å². The first-order valence-electron chi connectivity index (χ1n) is 20.9. The highest BCUT2D eigenvalue weighted by Gasteiger charge is 2.75. The molecule has 1 aromatic carbocycles. The third kappa shape index (κ3) is 4.03. The fourth-order valence-electron chi connectivity index (χ4n) is 14.5. The quantitative estimate of drug-likeness (QED) is 0.242. The van der Waals surface area contributed by atoms with Gasteiger partial charge in [0.25, 0.3) is 0 Å². The summed E-state index contributed by atoms with van der Waals surface area (Å²) in [6.45, 7) is 5.60. The monoisotopic (exact) mass is 810 g/mol. The highest BCUT2D eigenvalue weighted by atomic mass is 16.5. The number of nitrogens with one attached hydrogen (secondary N) is 1. The molecule has 59 heavy (non-hydrogen) atoms.